The average molecular weight is 397 g/mol. The fourth-order valence-electron chi connectivity index (χ4n) is 2.77. The summed E-state index contributed by atoms with van der Waals surface area (Å²) in [6.45, 7) is 5.59. The number of piperazine rings is 1. The fraction of sp³-hybridized carbons (Fsp3) is 0.238. The number of nitrogens with zero attached hydrogens (tertiary/aromatic N) is 2. The SMILES string of the molecule is CC(=O)/C(=C\c1cccc([N+](=O)[O-])c1)C(=O)O.c1ccc(N2CCNCC2)cc1. The molecule has 0 aliphatic carbocycles. The Labute approximate surface area is 168 Å². The number of hydrogen-bond acceptors (Lipinski definition) is 6. The number of ketones is 1. The van der Waals surface area contributed by atoms with Gasteiger partial charge in [-0.3, -0.25) is 14.9 Å². The molecule has 1 aliphatic rings. The van der Waals surface area contributed by atoms with Gasteiger partial charge in [0.25, 0.3) is 5.69 Å². The topological polar surface area (TPSA) is 113 Å². The summed E-state index contributed by atoms with van der Waals surface area (Å²) in [5.41, 5.74) is 1.07. The van der Waals surface area contributed by atoms with Crippen molar-refractivity contribution < 1.29 is 19.6 Å². The van der Waals surface area contributed by atoms with Gasteiger partial charge < -0.3 is 15.3 Å². The normalized spacial score (nSPS) is 13.8. The predicted molar refractivity (Wildman–Crippen MR) is 111 cm³/mol. The zero-order valence-corrected chi connectivity index (χ0v) is 16.1. The van der Waals surface area contributed by atoms with Crippen LogP contribution in [0.5, 0.6) is 0 Å². The number of aliphatic carboxylic acids is 1. The predicted octanol–water partition coefficient (Wildman–Crippen LogP) is 2.75. The van der Waals surface area contributed by atoms with Gasteiger partial charge >= 0.3 is 5.97 Å². The third-order valence-corrected chi connectivity index (χ3v) is 4.24. The second kappa shape index (κ2) is 10.7. The molecule has 2 aromatic carbocycles. The number of nitro benzene ring substituents is 1. The van der Waals surface area contributed by atoms with E-state index in [-0.39, 0.29) is 5.69 Å². The number of carboxylic acid groups (broad SMARTS) is 1. The first kappa shape index (κ1) is 21.8. The highest BCUT2D eigenvalue weighted by Crippen LogP contribution is 2.16. The minimum Gasteiger partial charge on any atom is -0.478 e. The summed E-state index contributed by atoms with van der Waals surface area (Å²) < 4.78 is 0. The summed E-state index contributed by atoms with van der Waals surface area (Å²) in [4.78, 5) is 34.1. The van der Waals surface area contributed by atoms with Crippen LogP contribution in [0, 0.1) is 10.1 Å². The number of Topliss-reactive ketones (excluding diaryl/α,β-unsaturated/α-hetero) is 1. The number of benzene rings is 2. The van der Waals surface area contributed by atoms with E-state index < -0.39 is 22.2 Å². The molecule has 0 saturated carbocycles. The summed E-state index contributed by atoms with van der Waals surface area (Å²) in [6.07, 6.45) is 1.11. The Kier molecular flexibility index (Phi) is 8.05. The summed E-state index contributed by atoms with van der Waals surface area (Å²) in [7, 11) is 0. The Morgan fingerprint density at radius 2 is 1.76 bits per heavy atom. The van der Waals surface area contributed by atoms with Crippen LogP contribution in [0.1, 0.15) is 12.5 Å². The Bertz CT molecular complexity index is 874. The number of nitrogens with one attached hydrogen (secondary N) is 1. The number of nitro groups is 1. The monoisotopic (exact) mass is 397 g/mol. The largest absolute Gasteiger partial charge is 0.478 e. The van der Waals surface area contributed by atoms with Crippen LogP contribution in [0.2, 0.25) is 0 Å². The van der Waals surface area contributed by atoms with Crippen LogP contribution in [0.3, 0.4) is 0 Å². The van der Waals surface area contributed by atoms with E-state index in [9.17, 15) is 19.7 Å². The van der Waals surface area contributed by atoms with Crippen LogP contribution >= 0.6 is 0 Å². The molecule has 0 unspecified atom stereocenters. The minimum absolute atomic E-state index is 0.160. The number of rotatable bonds is 5. The Balaban J connectivity index is 0.000000218. The lowest BCUT2D eigenvalue weighted by atomic mass is 10.1. The molecular weight excluding hydrogens is 374 g/mol. The number of anilines is 1. The van der Waals surface area contributed by atoms with Gasteiger partial charge in [0.1, 0.15) is 5.57 Å². The molecule has 0 aromatic heterocycles. The maximum Gasteiger partial charge on any atom is 0.339 e. The maximum absolute atomic E-state index is 11.0. The lowest BCUT2D eigenvalue weighted by Gasteiger charge is -2.29. The third kappa shape index (κ3) is 6.86. The van der Waals surface area contributed by atoms with Gasteiger partial charge in [-0.25, -0.2) is 4.79 Å². The van der Waals surface area contributed by atoms with E-state index in [4.69, 9.17) is 5.11 Å². The molecule has 0 radical (unpaired) electrons. The number of carbonyl (C=O) groups is 2. The minimum atomic E-state index is -1.36. The number of carbonyl (C=O) groups excluding carboxylic acids is 1. The van der Waals surface area contributed by atoms with Gasteiger partial charge in [0.15, 0.2) is 5.78 Å². The molecule has 1 fully saturated rings. The molecule has 29 heavy (non-hydrogen) atoms. The second-order valence-corrected chi connectivity index (χ2v) is 6.34. The quantitative estimate of drug-likeness (QED) is 0.262. The van der Waals surface area contributed by atoms with Crippen LogP contribution < -0.4 is 10.2 Å². The first-order valence-electron chi connectivity index (χ1n) is 9.09. The van der Waals surface area contributed by atoms with Crippen molar-refractivity contribution in [3.05, 3.63) is 75.8 Å². The first-order valence-corrected chi connectivity index (χ1v) is 9.09. The van der Waals surface area contributed by atoms with Crippen LogP contribution in [0.15, 0.2) is 60.2 Å². The van der Waals surface area contributed by atoms with Crippen molar-refractivity contribution in [3.8, 4) is 0 Å². The van der Waals surface area contributed by atoms with Gasteiger partial charge in [-0.05, 0) is 30.7 Å². The second-order valence-electron chi connectivity index (χ2n) is 6.34. The van der Waals surface area contributed by atoms with E-state index in [1.54, 1.807) is 0 Å². The Morgan fingerprint density at radius 3 is 2.31 bits per heavy atom. The molecule has 1 aliphatic heterocycles. The van der Waals surface area contributed by atoms with Gasteiger partial charge in [0, 0.05) is 44.0 Å². The highest BCUT2D eigenvalue weighted by Gasteiger charge is 2.13. The number of hydrogen-bond donors (Lipinski definition) is 2. The summed E-state index contributed by atoms with van der Waals surface area (Å²) in [5, 5.41) is 22.6. The molecule has 8 nitrogen and oxygen atoms in total. The molecule has 0 spiro atoms. The van der Waals surface area contributed by atoms with Gasteiger partial charge in [-0.2, -0.15) is 0 Å². The summed E-state index contributed by atoms with van der Waals surface area (Å²) in [6, 6.07) is 16.0. The van der Waals surface area contributed by atoms with Gasteiger partial charge in [0.2, 0.25) is 0 Å². The number of para-hydroxylation sites is 1. The number of carboxylic acids is 1. The van der Waals surface area contributed by atoms with Crippen molar-refractivity contribution in [2.75, 3.05) is 31.1 Å². The standard InChI is InChI=1S/C11H9NO5.C10H14N2/c1-7(13)10(11(14)15)6-8-3-2-4-9(5-8)12(16)17;1-2-4-10(5-3-1)12-8-6-11-7-9-12/h2-6H,1H3,(H,14,15);1-5,11H,6-9H2/b10-6+;. The molecule has 2 aromatic rings. The van der Waals surface area contributed by atoms with E-state index in [1.165, 1.54) is 30.0 Å². The van der Waals surface area contributed by atoms with Gasteiger partial charge in [-0.15, -0.1) is 0 Å². The van der Waals surface area contributed by atoms with Crippen LogP contribution in [-0.2, 0) is 9.59 Å². The fourth-order valence-corrected chi connectivity index (χ4v) is 2.77. The highest BCUT2D eigenvalue weighted by molar-refractivity contribution is 6.19. The molecule has 0 bridgehead atoms. The molecule has 0 amide bonds. The van der Waals surface area contributed by atoms with Gasteiger partial charge in [-0.1, -0.05) is 30.3 Å². The van der Waals surface area contributed by atoms with Crippen LogP contribution in [0.4, 0.5) is 11.4 Å². The zero-order chi connectivity index (χ0) is 21.2. The molecule has 1 heterocycles. The number of non-ortho nitro benzene ring substituents is 1. The summed E-state index contributed by atoms with van der Waals surface area (Å²) >= 11 is 0. The van der Waals surface area contributed by atoms with Crippen LogP contribution in [-0.4, -0.2) is 48.0 Å². The van der Waals surface area contributed by atoms with Crippen molar-refractivity contribution >= 4 is 29.2 Å². The molecular formula is C21H23N3O5. The van der Waals surface area contributed by atoms with E-state index in [1.807, 2.05) is 0 Å². The maximum atomic E-state index is 11.0. The average Bonchev–Trinajstić information content (AvgIpc) is 2.73. The Morgan fingerprint density at radius 1 is 1.10 bits per heavy atom. The van der Waals surface area contributed by atoms with E-state index >= 15 is 0 Å². The van der Waals surface area contributed by atoms with E-state index in [2.05, 4.69) is 40.5 Å². The van der Waals surface area contributed by atoms with Crippen molar-refractivity contribution in [1.82, 2.24) is 5.32 Å². The van der Waals surface area contributed by atoms with E-state index in [0.29, 0.717) is 5.56 Å². The van der Waals surface area contributed by atoms with E-state index in [0.717, 1.165) is 39.2 Å². The molecule has 1 saturated heterocycles. The summed E-state index contributed by atoms with van der Waals surface area (Å²) in [5.74, 6) is -1.96. The van der Waals surface area contributed by atoms with Crippen molar-refractivity contribution in [1.29, 1.82) is 0 Å². The zero-order valence-electron chi connectivity index (χ0n) is 16.1. The molecule has 2 N–H and O–H groups in total. The van der Waals surface area contributed by atoms with Crippen LogP contribution in [0.25, 0.3) is 6.08 Å². The van der Waals surface area contributed by atoms with Crippen molar-refractivity contribution in [2.24, 2.45) is 0 Å². The van der Waals surface area contributed by atoms with Crippen molar-refractivity contribution in [2.45, 2.75) is 6.92 Å². The molecule has 0 atom stereocenters. The van der Waals surface area contributed by atoms with Crippen molar-refractivity contribution in [3.63, 3.8) is 0 Å². The highest BCUT2D eigenvalue weighted by atomic mass is 16.6. The molecule has 152 valence electrons. The Hall–Kier alpha value is -3.52. The first-order chi connectivity index (χ1) is 13.9. The smallest absolute Gasteiger partial charge is 0.339 e. The lowest BCUT2D eigenvalue weighted by molar-refractivity contribution is -0.384. The third-order valence-electron chi connectivity index (χ3n) is 4.24. The molecule has 3 rings (SSSR count). The lowest BCUT2D eigenvalue weighted by Crippen LogP contribution is -2.43. The molecule has 8 heteroatoms. The van der Waals surface area contributed by atoms with Gasteiger partial charge in [0.05, 0.1) is 4.92 Å².